The molecular formula is C17H14N2O. The molecular weight excluding hydrogens is 248 g/mol. The van der Waals surface area contributed by atoms with Gasteiger partial charge in [0.25, 0.3) is 0 Å². The molecule has 0 radical (unpaired) electrons. The maximum Gasteiger partial charge on any atom is 0.0993 e. The van der Waals surface area contributed by atoms with Gasteiger partial charge in [0.05, 0.1) is 12.3 Å². The van der Waals surface area contributed by atoms with Gasteiger partial charge in [-0.25, -0.2) is 0 Å². The Balaban J connectivity index is 2.11. The molecule has 0 unspecified atom stereocenters. The van der Waals surface area contributed by atoms with E-state index in [0.29, 0.717) is 12.3 Å². The van der Waals surface area contributed by atoms with E-state index in [2.05, 4.69) is 52.5 Å². The van der Waals surface area contributed by atoms with Crippen molar-refractivity contribution in [2.45, 2.75) is 6.42 Å². The molecule has 3 nitrogen and oxygen atoms in total. The van der Waals surface area contributed by atoms with Crippen LogP contribution in [0.15, 0.2) is 65.5 Å². The zero-order chi connectivity index (χ0) is 13.5. The highest BCUT2D eigenvalue weighted by Gasteiger charge is 2.26. The summed E-state index contributed by atoms with van der Waals surface area (Å²) in [5.41, 5.74) is 4.42. The molecule has 0 bridgehead atoms. The molecule has 98 valence electrons. The molecule has 0 aromatic heterocycles. The van der Waals surface area contributed by atoms with Crippen molar-refractivity contribution in [2.24, 2.45) is 5.16 Å². The second kappa shape index (κ2) is 4.23. The van der Waals surface area contributed by atoms with Gasteiger partial charge in [0.1, 0.15) is 0 Å². The highest BCUT2D eigenvalue weighted by atomic mass is 16.4. The van der Waals surface area contributed by atoms with E-state index in [-0.39, 0.29) is 0 Å². The van der Waals surface area contributed by atoms with Crippen molar-refractivity contribution in [1.29, 1.82) is 0 Å². The minimum Gasteiger partial charge on any atom is -0.411 e. The number of nitrogens with zero attached hydrogens (tertiary/aromatic N) is 2. The number of benzene rings is 1. The number of oxime groups is 1. The van der Waals surface area contributed by atoms with Crippen molar-refractivity contribution >= 4 is 17.0 Å². The molecule has 1 N–H and O–H groups in total. The molecule has 4 rings (SSSR count). The third kappa shape index (κ3) is 1.50. The molecule has 1 aromatic rings. The molecule has 3 aliphatic rings. The predicted octanol–water partition coefficient (Wildman–Crippen LogP) is 1.50. The molecule has 2 aliphatic heterocycles. The molecule has 0 saturated carbocycles. The maximum atomic E-state index is 9.03. The second-order valence-electron chi connectivity index (χ2n) is 5.10. The largest absolute Gasteiger partial charge is 0.411 e. The topological polar surface area (TPSA) is 35.8 Å². The highest BCUT2D eigenvalue weighted by Crippen LogP contribution is 2.30. The highest BCUT2D eigenvalue weighted by molar-refractivity contribution is 6.01. The molecule has 1 aliphatic carbocycles. The van der Waals surface area contributed by atoms with Crippen molar-refractivity contribution in [1.82, 2.24) is 4.90 Å². The number of fused-ring (bicyclic) bond motifs is 4. The van der Waals surface area contributed by atoms with E-state index in [1.807, 2.05) is 12.2 Å². The van der Waals surface area contributed by atoms with Crippen LogP contribution in [0, 0.1) is 0 Å². The minimum absolute atomic E-state index is 0.611. The summed E-state index contributed by atoms with van der Waals surface area (Å²) in [6, 6.07) is 8.50. The van der Waals surface area contributed by atoms with E-state index < -0.39 is 0 Å². The van der Waals surface area contributed by atoms with E-state index in [9.17, 15) is 0 Å². The summed E-state index contributed by atoms with van der Waals surface area (Å²) >= 11 is 0. The lowest BCUT2D eigenvalue weighted by Crippen LogP contribution is -2.44. The second-order valence-corrected chi connectivity index (χ2v) is 5.10. The fourth-order valence-corrected chi connectivity index (χ4v) is 3.10. The van der Waals surface area contributed by atoms with Gasteiger partial charge in [0.15, 0.2) is 0 Å². The molecule has 0 amide bonds. The van der Waals surface area contributed by atoms with Crippen molar-refractivity contribution < 1.29 is 5.21 Å². The summed E-state index contributed by atoms with van der Waals surface area (Å²) in [5, 5.41) is 14.9. The van der Waals surface area contributed by atoms with Gasteiger partial charge >= 0.3 is 0 Å². The van der Waals surface area contributed by atoms with E-state index in [1.165, 1.54) is 27.4 Å². The van der Waals surface area contributed by atoms with Crippen LogP contribution in [0.4, 0.5) is 0 Å². The Kier molecular flexibility index (Phi) is 2.39. The van der Waals surface area contributed by atoms with Gasteiger partial charge in [-0.1, -0.05) is 41.6 Å². The smallest absolute Gasteiger partial charge is 0.0993 e. The molecule has 0 atom stereocenters. The van der Waals surface area contributed by atoms with Crippen LogP contribution in [0.2, 0.25) is 0 Å². The number of hydrogen-bond acceptors (Lipinski definition) is 3. The number of allylic oxidation sites excluding steroid dienone is 4. The lowest BCUT2D eigenvalue weighted by atomic mass is 9.93. The van der Waals surface area contributed by atoms with Gasteiger partial charge in [-0.15, -0.1) is 0 Å². The van der Waals surface area contributed by atoms with Gasteiger partial charge in [0.2, 0.25) is 0 Å². The van der Waals surface area contributed by atoms with Crippen LogP contribution < -0.4 is 10.4 Å². The summed E-state index contributed by atoms with van der Waals surface area (Å²) in [5.74, 6) is 0. The third-order valence-corrected chi connectivity index (χ3v) is 4.01. The zero-order valence-corrected chi connectivity index (χ0v) is 11.0. The summed E-state index contributed by atoms with van der Waals surface area (Å²) in [7, 11) is 0. The average Bonchev–Trinajstić information content (AvgIpc) is 2.54. The Morgan fingerprint density at radius 2 is 1.95 bits per heavy atom. The molecule has 0 fully saturated rings. The fourth-order valence-electron chi connectivity index (χ4n) is 3.10. The summed E-state index contributed by atoms with van der Waals surface area (Å²) in [6.45, 7) is 0.611. The molecule has 20 heavy (non-hydrogen) atoms. The summed E-state index contributed by atoms with van der Waals surface area (Å²) < 4.78 is 0. The van der Waals surface area contributed by atoms with Gasteiger partial charge in [-0.3, -0.25) is 0 Å². The van der Waals surface area contributed by atoms with Crippen LogP contribution in [0.25, 0.3) is 11.3 Å². The summed E-state index contributed by atoms with van der Waals surface area (Å²) in [6.07, 6.45) is 11.3. The SMILES string of the molecule is O/N=C1\C=CC2=c3ccccc3=C3CC=CC=C3N2C1. The average molecular weight is 262 g/mol. The molecule has 3 heteroatoms. The van der Waals surface area contributed by atoms with E-state index in [0.717, 1.165) is 6.42 Å². The standard InChI is InChI=1S/C17H14N2O/c20-18-12-9-10-17-15-6-2-1-5-13(15)14-7-3-4-8-16(14)19(17)11-12/h1-6,8-10,20H,7,11H2/b18-12+. The Hall–Kier alpha value is -2.55. The quantitative estimate of drug-likeness (QED) is 0.568. The van der Waals surface area contributed by atoms with Gasteiger partial charge in [-0.05, 0) is 35.4 Å². The van der Waals surface area contributed by atoms with Gasteiger partial charge in [0, 0.05) is 16.6 Å². The van der Waals surface area contributed by atoms with Crippen molar-refractivity contribution in [3.8, 4) is 0 Å². The monoisotopic (exact) mass is 262 g/mol. The lowest BCUT2D eigenvalue weighted by molar-refractivity contribution is 0.316. The first kappa shape index (κ1) is 11.3. The lowest BCUT2D eigenvalue weighted by Gasteiger charge is -2.35. The first-order valence-corrected chi connectivity index (χ1v) is 6.75. The van der Waals surface area contributed by atoms with Crippen LogP contribution in [0.5, 0.6) is 0 Å². The third-order valence-electron chi connectivity index (χ3n) is 4.01. The van der Waals surface area contributed by atoms with Crippen LogP contribution in [0.1, 0.15) is 6.42 Å². The Morgan fingerprint density at radius 1 is 1.10 bits per heavy atom. The van der Waals surface area contributed by atoms with Crippen LogP contribution in [-0.2, 0) is 0 Å². The van der Waals surface area contributed by atoms with Crippen LogP contribution in [-0.4, -0.2) is 22.4 Å². The van der Waals surface area contributed by atoms with E-state index >= 15 is 0 Å². The van der Waals surface area contributed by atoms with Crippen molar-refractivity contribution in [3.63, 3.8) is 0 Å². The van der Waals surface area contributed by atoms with E-state index in [4.69, 9.17) is 5.21 Å². The first-order chi connectivity index (χ1) is 9.88. The fraction of sp³-hybridized carbons (Fsp3) is 0.118. The Morgan fingerprint density at radius 3 is 2.80 bits per heavy atom. The van der Waals surface area contributed by atoms with Crippen molar-refractivity contribution in [3.05, 3.63) is 70.8 Å². The molecule has 0 spiro atoms. The predicted molar refractivity (Wildman–Crippen MR) is 79.4 cm³/mol. The molecule has 2 heterocycles. The zero-order valence-electron chi connectivity index (χ0n) is 11.0. The first-order valence-electron chi connectivity index (χ1n) is 6.75. The minimum atomic E-state index is 0.611. The van der Waals surface area contributed by atoms with Crippen LogP contribution in [0.3, 0.4) is 0 Å². The van der Waals surface area contributed by atoms with Gasteiger partial charge in [-0.2, -0.15) is 0 Å². The van der Waals surface area contributed by atoms with Gasteiger partial charge < -0.3 is 10.1 Å². The maximum absolute atomic E-state index is 9.03. The van der Waals surface area contributed by atoms with E-state index in [1.54, 1.807) is 0 Å². The summed E-state index contributed by atoms with van der Waals surface area (Å²) in [4.78, 5) is 2.23. The Labute approximate surface area is 116 Å². The molecule has 1 aromatic carbocycles. The van der Waals surface area contributed by atoms with Crippen LogP contribution >= 0.6 is 0 Å². The Bertz CT molecular complexity index is 825. The number of hydrogen-bond donors (Lipinski definition) is 1. The number of rotatable bonds is 0. The van der Waals surface area contributed by atoms with Crippen molar-refractivity contribution in [2.75, 3.05) is 6.54 Å². The normalized spacial score (nSPS) is 21.5. The molecule has 0 saturated heterocycles.